The number of hydrogen-bond acceptors (Lipinski definition) is 4. The monoisotopic (exact) mass is 396 g/mol. The van der Waals surface area contributed by atoms with E-state index in [0.29, 0.717) is 26.1 Å². The molecule has 1 fully saturated rings. The smallest absolute Gasteiger partial charge is 0.323 e. The summed E-state index contributed by atoms with van der Waals surface area (Å²) in [6.07, 6.45) is 17.9. The lowest BCUT2D eigenvalue weighted by molar-refractivity contribution is -0.175. The van der Waals surface area contributed by atoms with E-state index in [2.05, 4.69) is 13.8 Å². The molecule has 0 aromatic rings. The maximum absolute atomic E-state index is 12.8. The summed E-state index contributed by atoms with van der Waals surface area (Å²) >= 11 is 0. The third-order valence-electron chi connectivity index (χ3n) is 5.95. The van der Waals surface area contributed by atoms with Crippen LogP contribution in [0.2, 0.25) is 0 Å². The van der Waals surface area contributed by atoms with Gasteiger partial charge in [-0.15, -0.1) is 0 Å². The highest BCUT2D eigenvalue weighted by Gasteiger charge is 2.49. The topological polar surface area (TPSA) is 52.6 Å². The summed E-state index contributed by atoms with van der Waals surface area (Å²) in [5.74, 6) is -0.679. The van der Waals surface area contributed by atoms with E-state index in [-0.39, 0.29) is 11.9 Å². The van der Waals surface area contributed by atoms with Gasteiger partial charge in [-0.3, -0.25) is 9.59 Å². The number of esters is 2. The van der Waals surface area contributed by atoms with Crippen LogP contribution in [0.3, 0.4) is 0 Å². The molecule has 0 amide bonds. The van der Waals surface area contributed by atoms with Crippen LogP contribution in [0.1, 0.15) is 123 Å². The van der Waals surface area contributed by atoms with Crippen molar-refractivity contribution >= 4 is 11.9 Å². The van der Waals surface area contributed by atoms with Gasteiger partial charge in [0.2, 0.25) is 0 Å². The molecule has 4 heteroatoms. The van der Waals surface area contributed by atoms with Gasteiger partial charge in [0.1, 0.15) is 0 Å². The molecule has 0 heterocycles. The van der Waals surface area contributed by atoms with Gasteiger partial charge in [-0.2, -0.15) is 0 Å². The Morgan fingerprint density at radius 1 is 0.607 bits per heavy atom. The zero-order valence-electron chi connectivity index (χ0n) is 18.6. The van der Waals surface area contributed by atoms with Crippen molar-refractivity contribution in [2.24, 2.45) is 5.41 Å². The van der Waals surface area contributed by atoms with Crippen LogP contribution in [0.4, 0.5) is 0 Å². The summed E-state index contributed by atoms with van der Waals surface area (Å²) < 4.78 is 11.1. The minimum absolute atomic E-state index is 0.339. The maximum Gasteiger partial charge on any atom is 0.323 e. The minimum Gasteiger partial charge on any atom is -0.465 e. The van der Waals surface area contributed by atoms with E-state index in [1.165, 1.54) is 51.4 Å². The van der Waals surface area contributed by atoms with E-state index in [0.717, 1.165) is 44.9 Å². The van der Waals surface area contributed by atoms with Crippen molar-refractivity contribution in [1.29, 1.82) is 0 Å². The number of ether oxygens (including phenoxy) is 2. The molecule has 28 heavy (non-hydrogen) atoms. The highest BCUT2D eigenvalue weighted by atomic mass is 16.6. The highest BCUT2D eigenvalue weighted by Crippen LogP contribution is 2.39. The van der Waals surface area contributed by atoms with Crippen molar-refractivity contribution in [2.45, 2.75) is 123 Å². The molecule has 0 spiro atoms. The van der Waals surface area contributed by atoms with Crippen molar-refractivity contribution in [1.82, 2.24) is 0 Å². The lowest BCUT2D eigenvalue weighted by Crippen LogP contribution is -2.43. The first-order valence-electron chi connectivity index (χ1n) is 12.0. The molecule has 0 bridgehead atoms. The van der Waals surface area contributed by atoms with E-state index in [1.807, 2.05) is 0 Å². The number of unbranched alkanes of at least 4 members (excludes halogenated alkanes) is 10. The van der Waals surface area contributed by atoms with Crippen LogP contribution in [0.15, 0.2) is 0 Å². The Balaban J connectivity index is 2.34. The summed E-state index contributed by atoms with van der Waals surface area (Å²) in [4.78, 5) is 25.5. The normalized spacial score (nSPS) is 15.9. The van der Waals surface area contributed by atoms with Crippen molar-refractivity contribution in [3.8, 4) is 0 Å². The molecule has 164 valence electrons. The second-order valence-electron chi connectivity index (χ2n) is 8.45. The summed E-state index contributed by atoms with van der Waals surface area (Å²) in [5, 5.41) is 0. The van der Waals surface area contributed by atoms with Gasteiger partial charge in [0, 0.05) is 0 Å². The lowest BCUT2D eigenvalue weighted by Gasteiger charge is -2.32. The second kappa shape index (κ2) is 15.8. The quantitative estimate of drug-likeness (QED) is 0.165. The Bertz CT molecular complexity index is 413. The highest BCUT2D eigenvalue weighted by molar-refractivity contribution is 6.00. The molecule has 0 saturated heterocycles. The van der Waals surface area contributed by atoms with Crippen LogP contribution in [-0.4, -0.2) is 25.2 Å². The number of carbonyl (C=O) groups excluding carboxylic acids is 2. The fourth-order valence-corrected chi connectivity index (χ4v) is 4.02. The molecule has 1 saturated carbocycles. The van der Waals surface area contributed by atoms with Gasteiger partial charge in [0.25, 0.3) is 0 Å². The first kappa shape index (κ1) is 25.0. The minimum atomic E-state index is -1.04. The molecular formula is C24H44O4. The maximum atomic E-state index is 12.8. The predicted molar refractivity (Wildman–Crippen MR) is 114 cm³/mol. The fourth-order valence-electron chi connectivity index (χ4n) is 4.02. The Morgan fingerprint density at radius 3 is 1.43 bits per heavy atom. The van der Waals surface area contributed by atoms with E-state index in [1.54, 1.807) is 0 Å². The standard InChI is InChI=1S/C24H44O4/c1-3-5-7-9-10-12-17-21-28-23(26)24(18-14-13-15-19-24)22(25)27-20-16-11-8-6-4-2/h3-21H2,1-2H3. The van der Waals surface area contributed by atoms with Gasteiger partial charge in [0.15, 0.2) is 5.41 Å². The van der Waals surface area contributed by atoms with Crippen molar-refractivity contribution in [3.63, 3.8) is 0 Å². The van der Waals surface area contributed by atoms with Gasteiger partial charge in [-0.05, 0) is 25.7 Å². The van der Waals surface area contributed by atoms with Crippen LogP contribution in [0.5, 0.6) is 0 Å². The number of hydrogen-bond donors (Lipinski definition) is 0. The van der Waals surface area contributed by atoms with Crippen LogP contribution in [0, 0.1) is 5.41 Å². The largest absolute Gasteiger partial charge is 0.465 e. The Labute approximate surface area is 173 Å². The van der Waals surface area contributed by atoms with E-state index >= 15 is 0 Å². The van der Waals surface area contributed by atoms with Gasteiger partial charge in [-0.1, -0.05) is 97.3 Å². The zero-order chi connectivity index (χ0) is 20.5. The van der Waals surface area contributed by atoms with Crippen LogP contribution in [-0.2, 0) is 19.1 Å². The summed E-state index contributed by atoms with van der Waals surface area (Å²) in [6, 6.07) is 0. The first-order valence-corrected chi connectivity index (χ1v) is 12.0. The van der Waals surface area contributed by atoms with Crippen molar-refractivity contribution in [2.75, 3.05) is 13.2 Å². The Hall–Kier alpha value is -1.06. The van der Waals surface area contributed by atoms with E-state index in [4.69, 9.17) is 9.47 Å². The zero-order valence-corrected chi connectivity index (χ0v) is 18.6. The average Bonchev–Trinajstić information content (AvgIpc) is 2.72. The molecular weight excluding hydrogens is 352 g/mol. The van der Waals surface area contributed by atoms with Gasteiger partial charge >= 0.3 is 11.9 Å². The molecule has 0 N–H and O–H groups in total. The molecule has 0 aliphatic heterocycles. The van der Waals surface area contributed by atoms with Crippen LogP contribution < -0.4 is 0 Å². The number of carbonyl (C=O) groups is 2. The van der Waals surface area contributed by atoms with Gasteiger partial charge in [-0.25, -0.2) is 0 Å². The predicted octanol–water partition coefficient (Wildman–Crippen LogP) is 6.74. The van der Waals surface area contributed by atoms with E-state index in [9.17, 15) is 9.59 Å². The summed E-state index contributed by atoms with van der Waals surface area (Å²) in [6.45, 7) is 5.26. The molecule has 0 aromatic carbocycles. The van der Waals surface area contributed by atoms with Crippen LogP contribution >= 0.6 is 0 Å². The summed E-state index contributed by atoms with van der Waals surface area (Å²) in [7, 11) is 0. The second-order valence-corrected chi connectivity index (χ2v) is 8.45. The first-order chi connectivity index (χ1) is 13.7. The van der Waals surface area contributed by atoms with Gasteiger partial charge in [0.05, 0.1) is 13.2 Å². The molecule has 4 nitrogen and oxygen atoms in total. The van der Waals surface area contributed by atoms with Crippen LogP contribution in [0.25, 0.3) is 0 Å². The van der Waals surface area contributed by atoms with Crippen molar-refractivity contribution in [3.05, 3.63) is 0 Å². The fraction of sp³-hybridized carbons (Fsp3) is 0.917. The third-order valence-corrected chi connectivity index (χ3v) is 5.95. The third kappa shape index (κ3) is 9.43. The average molecular weight is 397 g/mol. The molecule has 1 aliphatic carbocycles. The lowest BCUT2D eigenvalue weighted by atomic mass is 9.74. The summed E-state index contributed by atoms with van der Waals surface area (Å²) in [5.41, 5.74) is -1.04. The molecule has 1 aliphatic rings. The molecule has 1 rings (SSSR count). The molecule has 0 aromatic heterocycles. The molecule has 0 unspecified atom stereocenters. The number of rotatable bonds is 16. The van der Waals surface area contributed by atoms with E-state index < -0.39 is 5.41 Å². The van der Waals surface area contributed by atoms with Gasteiger partial charge < -0.3 is 9.47 Å². The molecule has 0 radical (unpaired) electrons. The molecule has 0 atom stereocenters. The van der Waals surface area contributed by atoms with Crippen molar-refractivity contribution < 1.29 is 19.1 Å². The SMILES string of the molecule is CCCCCCCCCOC(=O)C1(C(=O)OCCCCCCC)CCCCC1. The Kier molecular flexibility index (Phi) is 14.1. The Morgan fingerprint density at radius 2 is 1.00 bits per heavy atom.